The summed E-state index contributed by atoms with van der Waals surface area (Å²) in [4.78, 5) is 18.8. The molecule has 5 nitrogen and oxygen atoms in total. The molecule has 0 saturated carbocycles. The van der Waals surface area contributed by atoms with E-state index in [1.165, 1.54) is 24.3 Å². The number of rotatable bonds is 3. The summed E-state index contributed by atoms with van der Waals surface area (Å²) in [5.74, 6) is -1.89. The average Bonchev–Trinajstić information content (AvgIpc) is 3.17. The van der Waals surface area contributed by atoms with Crippen molar-refractivity contribution in [3.63, 3.8) is 0 Å². The van der Waals surface area contributed by atoms with Crippen molar-refractivity contribution in [2.75, 3.05) is 13.1 Å². The smallest absolute Gasteiger partial charge is 0.254 e. The number of benzene rings is 2. The number of halogens is 3. The maximum atomic E-state index is 14.0. The Morgan fingerprint density at radius 3 is 2.66 bits per heavy atom. The van der Waals surface area contributed by atoms with Gasteiger partial charge in [0.15, 0.2) is 0 Å². The molecule has 4 rings (SSSR count). The molecule has 1 unspecified atom stereocenters. The standard InChI is InChI=1S/C21H18F3N3O2/c1-12-9-14(22)4-6-16(12)21(28)27-8-2-3-13(11-27)20-25-19(26-29-20)17-7-5-15(23)10-18(17)24/h4-7,9-10,13H,2-3,8,11H2,1H3. The SMILES string of the molecule is Cc1cc(F)ccc1C(=O)N1CCCC(c2nc(-c3ccc(F)cc3F)no2)C1. The number of hydrogen-bond acceptors (Lipinski definition) is 4. The maximum Gasteiger partial charge on any atom is 0.254 e. The van der Waals surface area contributed by atoms with Gasteiger partial charge in [0.2, 0.25) is 11.7 Å². The zero-order valence-electron chi connectivity index (χ0n) is 15.7. The quantitative estimate of drug-likeness (QED) is 0.649. The molecule has 1 saturated heterocycles. The van der Waals surface area contributed by atoms with Gasteiger partial charge in [-0.15, -0.1) is 0 Å². The third-order valence-electron chi connectivity index (χ3n) is 5.09. The highest BCUT2D eigenvalue weighted by molar-refractivity contribution is 5.95. The highest BCUT2D eigenvalue weighted by atomic mass is 19.1. The summed E-state index contributed by atoms with van der Waals surface area (Å²) in [5, 5.41) is 3.81. The number of nitrogens with zero attached hydrogens (tertiary/aromatic N) is 3. The van der Waals surface area contributed by atoms with E-state index in [1.54, 1.807) is 11.8 Å². The van der Waals surface area contributed by atoms with E-state index in [0.717, 1.165) is 25.0 Å². The highest BCUT2D eigenvalue weighted by Gasteiger charge is 2.30. The van der Waals surface area contributed by atoms with Crippen LogP contribution in [-0.4, -0.2) is 34.0 Å². The van der Waals surface area contributed by atoms with Crippen molar-refractivity contribution >= 4 is 5.91 Å². The molecule has 3 aromatic rings. The lowest BCUT2D eigenvalue weighted by molar-refractivity contribution is 0.0695. The predicted molar refractivity (Wildman–Crippen MR) is 98.7 cm³/mol. The van der Waals surface area contributed by atoms with Gasteiger partial charge in [-0.1, -0.05) is 5.16 Å². The number of aromatic nitrogens is 2. The van der Waals surface area contributed by atoms with Gasteiger partial charge in [-0.2, -0.15) is 4.98 Å². The molecule has 0 radical (unpaired) electrons. The molecule has 1 atom stereocenters. The number of piperidine rings is 1. The van der Waals surface area contributed by atoms with Crippen molar-refractivity contribution in [3.05, 3.63) is 70.9 Å². The molecule has 1 aromatic heterocycles. The number of aryl methyl sites for hydroxylation is 1. The summed E-state index contributed by atoms with van der Waals surface area (Å²) in [6, 6.07) is 7.23. The van der Waals surface area contributed by atoms with E-state index >= 15 is 0 Å². The largest absolute Gasteiger partial charge is 0.339 e. The Bertz CT molecular complexity index is 1070. The first-order chi connectivity index (χ1) is 13.9. The van der Waals surface area contributed by atoms with Crippen molar-refractivity contribution < 1.29 is 22.5 Å². The molecule has 2 aromatic carbocycles. The van der Waals surface area contributed by atoms with Gasteiger partial charge < -0.3 is 9.42 Å². The van der Waals surface area contributed by atoms with Crippen LogP contribution in [0.3, 0.4) is 0 Å². The van der Waals surface area contributed by atoms with Crippen molar-refractivity contribution in [2.45, 2.75) is 25.7 Å². The lowest BCUT2D eigenvalue weighted by atomic mass is 9.96. The summed E-state index contributed by atoms with van der Waals surface area (Å²) in [6.07, 6.45) is 1.47. The third-order valence-corrected chi connectivity index (χ3v) is 5.09. The molecular formula is C21H18F3N3O2. The molecule has 1 aliphatic heterocycles. The second kappa shape index (κ2) is 7.69. The Labute approximate surface area is 165 Å². The lowest BCUT2D eigenvalue weighted by Crippen LogP contribution is -2.39. The van der Waals surface area contributed by atoms with Crippen molar-refractivity contribution in [2.24, 2.45) is 0 Å². The zero-order chi connectivity index (χ0) is 20.5. The fourth-order valence-electron chi connectivity index (χ4n) is 3.58. The predicted octanol–water partition coefficient (Wildman–Crippen LogP) is 4.48. The van der Waals surface area contributed by atoms with Crippen molar-refractivity contribution in [1.29, 1.82) is 0 Å². The molecule has 29 heavy (non-hydrogen) atoms. The number of carbonyl (C=O) groups is 1. The molecule has 150 valence electrons. The van der Waals surface area contributed by atoms with E-state index in [4.69, 9.17) is 4.52 Å². The topological polar surface area (TPSA) is 59.2 Å². The molecule has 0 N–H and O–H groups in total. The highest BCUT2D eigenvalue weighted by Crippen LogP contribution is 2.29. The first-order valence-electron chi connectivity index (χ1n) is 9.27. The second-order valence-corrected chi connectivity index (χ2v) is 7.13. The molecule has 0 aliphatic carbocycles. The van der Waals surface area contributed by atoms with E-state index in [1.807, 2.05) is 0 Å². The first kappa shape index (κ1) is 19.2. The third kappa shape index (κ3) is 3.87. The Kier molecular flexibility index (Phi) is 5.08. The van der Waals surface area contributed by atoms with Crippen LogP contribution in [-0.2, 0) is 0 Å². The van der Waals surface area contributed by atoms with Crippen LogP contribution in [0.15, 0.2) is 40.9 Å². The van der Waals surface area contributed by atoms with Crippen LogP contribution in [0.1, 0.15) is 40.6 Å². The second-order valence-electron chi connectivity index (χ2n) is 7.13. The fraction of sp³-hybridized carbons (Fsp3) is 0.286. The molecule has 1 amide bonds. The fourth-order valence-corrected chi connectivity index (χ4v) is 3.58. The summed E-state index contributed by atoms with van der Waals surface area (Å²) in [7, 11) is 0. The molecule has 2 heterocycles. The van der Waals surface area contributed by atoms with Gasteiger partial charge >= 0.3 is 0 Å². The van der Waals surface area contributed by atoms with Crippen LogP contribution >= 0.6 is 0 Å². The summed E-state index contributed by atoms with van der Waals surface area (Å²) in [5.41, 5.74) is 1.07. The summed E-state index contributed by atoms with van der Waals surface area (Å²) >= 11 is 0. The Balaban J connectivity index is 1.53. The van der Waals surface area contributed by atoms with Crippen LogP contribution in [0.4, 0.5) is 13.2 Å². The van der Waals surface area contributed by atoms with Crippen molar-refractivity contribution in [3.8, 4) is 11.4 Å². The first-order valence-corrected chi connectivity index (χ1v) is 9.27. The van der Waals surface area contributed by atoms with Crippen LogP contribution in [0, 0.1) is 24.4 Å². The van der Waals surface area contributed by atoms with Crippen molar-refractivity contribution in [1.82, 2.24) is 15.0 Å². The number of hydrogen-bond donors (Lipinski definition) is 0. The van der Waals surface area contributed by atoms with E-state index in [9.17, 15) is 18.0 Å². The van der Waals surface area contributed by atoms with Gasteiger partial charge in [-0.25, -0.2) is 13.2 Å². The van der Waals surface area contributed by atoms with Gasteiger partial charge in [0.05, 0.1) is 11.5 Å². The Morgan fingerprint density at radius 2 is 1.90 bits per heavy atom. The number of amides is 1. The minimum Gasteiger partial charge on any atom is -0.339 e. The van der Waals surface area contributed by atoms with Gasteiger partial charge in [0, 0.05) is 24.7 Å². The molecular weight excluding hydrogens is 383 g/mol. The Hall–Kier alpha value is -3.16. The van der Waals surface area contributed by atoms with E-state index in [2.05, 4.69) is 10.1 Å². The van der Waals surface area contributed by atoms with E-state index in [0.29, 0.717) is 30.1 Å². The monoisotopic (exact) mass is 401 g/mol. The van der Waals surface area contributed by atoms with Crippen LogP contribution in [0.5, 0.6) is 0 Å². The van der Waals surface area contributed by atoms with E-state index in [-0.39, 0.29) is 29.0 Å². The minimum absolute atomic E-state index is 0.0373. The molecule has 0 bridgehead atoms. The van der Waals surface area contributed by atoms with Gasteiger partial charge in [-0.3, -0.25) is 4.79 Å². The molecule has 8 heteroatoms. The normalized spacial score (nSPS) is 16.8. The van der Waals surface area contributed by atoms with E-state index < -0.39 is 11.6 Å². The van der Waals surface area contributed by atoms with Gasteiger partial charge in [0.25, 0.3) is 5.91 Å². The van der Waals surface area contributed by atoms with Crippen LogP contribution < -0.4 is 0 Å². The van der Waals surface area contributed by atoms with Gasteiger partial charge in [-0.05, 0) is 55.7 Å². The lowest BCUT2D eigenvalue weighted by Gasteiger charge is -2.31. The summed E-state index contributed by atoms with van der Waals surface area (Å²) < 4.78 is 45.7. The molecule has 0 spiro atoms. The molecule has 1 fully saturated rings. The maximum absolute atomic E-state index is 14.0. The zero-order valence-corrected chi connectivity index (χ0v) is 15.7. The van der Waals surface area contributed by atoms with Gasteiger partial charge in [0.1, 0.15) is 17.5 Å². The van der Waals surface area contributed by atoms with Crippen LogP contribution in [0.2, 0.25) is 0 Å². The average molecular weight is 401 g/mol. The minimum atomic E-state index is -0.774. The number of likely N-dealkylation sites (tertiary alicyclic amines) is 1. The molecule has 1 aliphatic rings. The Morgan fingerprint density at radius 1 is 1.14 bits per heavy atom. The summed E-state index contributed by atoms with van der Waals surface area (Å²) in [6.45, 7) is 2.63. The van der Waals surface area contributed by atoms with Crippen LogP contribution in [0.25, 0.3) is 11.4 Å². The number of carbonyl (C=O) groups excluding carboxylic acids is 1.